The van der Waals surface area contributed by atoms with Crippen LogP contribution in [0.25, 0.3) is 22.3 Å². The second-order valence-corrected chi connectivity index (χ2v) is 8.94. The number of sulfonamides is 1. The zero-order chi connectivity index (χ0) is 23.6. The van der Waals surface area contributed by atoms with E-state index >= 15 is 0 Å². The number of hydrogen-bond acceptors (Lipinski definition) is 6. The van der Waals surface area contributed by atoms with Gasteiger partial charge in [-0.2, -0.15) is 5.10 Å². The van der Waals surface area contributed by atoms with Crippen LogP contribution >= 0.6 is 0 Å². The van der Waals surface area contributed by atoms with Gasteiger partial charge in [-0.1, -0.05) is 6.92 Å². The molecule has 1 amide bonds. The maximum Gasteiger partial charge on any atom is 0.261 e. The van der Waals surface area contributed by atoms with Gasteiger partial charge in [0.25, 0.3) is 5.91 Å². The topological polar surface area (TPSA) is 130 Å². The minimum absolute atomic E-state index is 0.162. The van der Waals surface area contributed by atoms with Gasteiger partial charge in [-0.05, 0) is 36.8 Å². The highest BCUT2D eigenvalue weighted by molar-refractivity contribution is 7.92. The molecule has 0 saturated heterocycles. The van der Waals surface area contributed by atoms with E-state index in [-0.39, 0.29) is 11.4 Å². The number of halogens is 2. The van der Waals surface area contributed by atoms with E-state index in [0.29, 0.717) is 23.1 Å². The molecule has 3 heterocycles. The van der Waals surface area contributed by atoms with Gasteiger partial charge in [-0.3, -0.25) is 19.6 Å². The standard InChI is InChI=1S/C21H18F2N6O3S/c1-2-8-33(31,32)29-16-6-5-15(22)17(18(16)23)21(30)26-13-9-14-19(12-4-3-7-24-10-12)27-28-20(14)25-11-13/h3-7,9-11,29H,2,8H2,1H3,(H,26,30)(H,25,27,28). The van der Waals surface area contributed by atoms with Gasteiger partial charge in [-0.15, -0.1) is 0 Å². The molecule has 4 aromatic rings. The molecular formula is C21H18F2N6O3S. The third kappa shape index (κ3) is 4.65. The van der Waals surface area contributed by atoms with Crippen molar-refractivity contribution in [1.29, 1.82) is 0 Å². The molecule has 3 aromatic heterocycles. The summed E-state index contributed by atoms with van der Waals surface area (Å²) in [6, 6.07) is 6.85. The van der Waals surface area contributed by atoms with Crippen molar-refractivity contribution in [2.75, 3.05) is 15.8 Å². The van der Waals surface area contributed by atoms with Crippen molar-refractivity contribution in [3.8, 4) is 11.3 Å². The smallest absolute Gasteiger partial charge is 0.261 e. The fourth-order valence-electron chi connectivity index (χ4n) is 3.22. The molecule has 12 heteroatoms. The summed E-state index contributed by atoms with van der Waals surface area (Å²) in [4.78, 5) is 20.9. The lowest BCUT2D eigenvalue weighted by Gasteiger charge is -2.12. The first-order valence-electron chi connectivity index (χ1n) is 9.83. The van der Waals surface area contributed by atoms with Crippen molar-refractivity contribution >= 4 is 38.3 Å². The van der Waals surface area contributed by atoms with E-state index in [0.717, 1.165) is 17.7 Å². The number of rotatable bonds is 7. The second-order valence-electron chi connectivity index (χ2n) is 7.09. The third-order valence-corrected chi connectivity index (χ3v) is 6.15. The summed E-state index contributed by atoms with van der Waals surface area (Å²) in [5.41, 5.74) is 0.427. The SMILES string of the molecule is CCCS(=O)(=O)Nc1ccc(F)c(C(=O)Nc2cnc3n[nH]c(-c4cccnc4)c3c2)c1F. The first-order valence-corrected chi connectivity index (χ1v) is 11.5. The summed E-state index contributed by atoms with van der Waals surface area (Å²) in [7, 11) is -3.84. The zero-order valence-corrected chi connectivity index (χ0v) is 18.1. The molecule has 9 nitrogen and oxygen atoms in total. The van der Waals surface area contributed by atoms with Crippen molar-refractivity contribution in [2.24, 2.45) is 0 Å². The van der Waals surface area contributed by atoms with Gasteiger partial charge >= 0.3 is 0 Å². The van der Waals surface area contributed by atoms with Gasteiger partial charge in [0, 0.05) is 23.3 Å². The first kappa shape index (κ1) is 22.3. The number of carbonyl (C=O) groups excluding carboxylic acids is 1. The van der Waals surface area contributed by atoms with Crippen LogP contribution in [0.3, 0.4) is 0 Å². The van der Waals surface area contributed by atoms with Gasteiger partial charge in [-0.25, -0.2) is 22.2 Å². The Kier molecular flexibility index (Phi) is 6.01. The molecule has 0 bridgehead atoms. The maximum atomic E-state index is 14.9. The lowest BCUT2D eigenvalue weighted by molar-refractivity contribution is 0.101. The quantitative estimate of drug-likeness (QED) is 0.376. The number of nitrogens with zero attached hydrogens (tertiary/aromatic N) is 3. The van der Waals surface area contributed by atoms with Crippen molar-refractivity contribution in [3.05, 3.63) is 66.1 Å². The molecule has 0 unspecified atom stereocenters. The summed E-state index contributed by atoms with van der Waals surface area (Å²) in [5, 5.41) is 9.91. The predicted octanol–water partition coefficient (Wildman–Crippen LogP) is 3.70. The highest BCUT2D eigenvalue weighted by Gasteiger charge is 2.23. The number of anilines is 2. The van der Waals surface area contributed by atoms with E-state index < -0.39 is 38.8 Å². The van der Waals surface area contributed by atoms with Gasteiger partial charge in [0.2, 0.25) is 10.0 Å². The molecule has 170 valence electrons. The zero-order valence-electron chi connectivity index (χ0n) is 17.3. The summed E-state index contributed by atoms with van der Waals surface area (Å²) in [6.07, 6.45) is 4.83. The van der Waals surface area contributed by atoms with E-state index in [9.17, 15) is 22.0 Å². The van der Waals surface area contributed by atoms with E-state index in [1.807, 2.05) is 4.72 Å². The van der Waals surface area contributed by atoms with Gasteiger partial charge in [0.1, 0.15) is 11.4 Å². The Labute approximate surface area is 187 Å². The summed E-state index contributed by atoms with van der Waals surface area (Å²) in [5.74, 6) is -3.81. The Morgan fingerprint density at radius 1 is 1.18 bits per heavy atom. The number of nitrogens with one attached hydrogen (secondary N) is 3. The third-order valence-electron chi connectivity index (χ3n) is 4.67. The van der Waals surface area contributed by atoms with Crippen molar-refractivity contribution < 1.29 is 22.0 Å². The summed E-state index contributed by atoms with van der Waals surface area (Å²) in [6.45, 7) is 1.64. The van der Waals surface area contributed by atoms with Crippen LogP contribution in [-0.2, 0) is 10.0 Å². The number of fused-ring (bicyclic) bond motifs is 1. The molecule has 4 rings (SSSR count). The van der Waals surface area contributed by atoms with E-state index in [4.69, 9.17) is 0 Å². The Morgan fingerprint density at radius 3 is 2.73 bits per heavy atom. The fraction of sp³-hybridized carbons (Fsp3) is 0.143. The number of hydrogen-bond donors (Lipinski definition) is 3. The molecule has 1 aromatic carbocycles. The Hall–Kier alpha value is -3.93. The summed E-state index contributed by atoms with van der Waals surface area (Å²) >= 11 is 0. The minimum atomic E-state index is -3.84. The lowest BCUT2D eigenvalue weighted by Crippen LogP contribution is -2.20. The number of H-pyrrole nitrogens is 1. The Morgan fingerprint density at radius 2 is 2.00 bits per heavy atom. The highest BCUT2D eigenvalue weighted by atomic mass is 32.2. The number of pyridine rings is 2. The largest absolute Gasteiger partial charge is 0.320 e. The molecule has 0 saturated carbocycles. The molecule has 0 aliphatic carbocycles. The normalized spacial score (nSPS) is 11.5. The highest BCUT2D eigenvalue weighted by Crippen LogP contribution is 2.28. The molecule has 0 aliphatic rings. The minimum Gasteiger partial charge on any atom is -0.320 e. The molecular weight excluding hydrogens is 454 g/mol. The predicted molar refractivity (Wildman–Crippen MR) is 119 cm³/mol. The second kappa shape index (κ2) is 8.90. The van der Waals surface area contributed by atoms with Gasteiger partial charge in [0.15, 0.2) is 11.5 Å². The number of amides is 1. The van der Waals surface area contributed by atoms with Crippen LogP contribution in [0.4, 0.5) is 20.2 Å². The number of aromatic amines is 1. The van der Waals surface area contributed by atoms with Crippen LogP contribution in [0.15, 0.2) is 48.9 Å². The van der Waals surface area contributed by atoms with Crippen LogP contribution < -0.4 is 10.0 Å². The molecule has 0 spiro atoms. The van der Waals surface area contributed by atoms with Crippen LogP contribution in [-0.4, -0.2) is 40.2 Å². The number of aromatic nitrogens is 4. The van der Waals surface area contributed by atoms with Crippen LogP contribution in [0.5, 0.6) is 0 Å². The fourth-order valence-corrected chi connectivity index (χ4v) is 4.35. The van der Waals surface area contributed by atoms with E-state index in [2.05, 4.69) is 25.5 Å². The molecule has 0 fully saturated rings. The van der Waals surface area contributed by atoms with Crippen LogP contribution in [0, 0.1) is 11.6 Å². The lowest BCUT2D eigenvalue weighted by atomic mass is 10.1. The van der Waals surface area contributed by atoms with Gasteiger partial charge < -0.3 is 5.32 Å². The Balaban J connectivity index is 1.65. The molecule has 0 radical (unpaired) electrons. The average Bonchev–Trinajstić information content (AvgIpc) is 3.19. The van der Waals surface area contributed by atoms with E-state index in [1.165, 1.54) is 6.20 Å². The average molecular weight is 472 g/mol. The van der Waals surface area contributed by atoms with Gasteiger partial charge in [0.05, 0.1) is 29.0 Å². The molecule has 3 N–H and O–H groups in total. The molecule has 0 atom stereocenters. The number of carbonyl (C=O) groups is 1. The monoisotopic (exact) mass is 472 g/mol. The van der Waals surface area contributed by atoms with E-state index in [1.54, 1.807) is 37.5 Å². The molecule has 0 aliphatic heterocycles. The van der Waals surface area contributed by atoms with Crippen LogP contribution in [0.2, 0.25) is 0 Å². The Bertz CT molecular complexity index is 1440. The summed E-state index contributed by atoms with van der Waals surface area (Å²) < 4.78 is 55.2. The van der Waals surface area contributed by atoms with Crippen molar-refractivity contribution in [1.82, 2.24) is 20.2 Å². The van der Waals surface area contributed by atoms with Crippen molar-refractivity contribution in [3.63, 3.8) is 0 Å². The van der Waals surface area contributed by atoms with Crippen LogP contribution in [0.1, 0.15) is 23.7 Å². The van der Waals surface area contributed by atoms with Crippen molar-refractivity contribution in [2.45, 2.75) is 13.3 Å². The first-order chi connectivity index (χ1) is 15.8. The molecule has 33 heavy (non-hydrogen) atoms. The number of benzene rings is 1. The maximum absolute atomic E-state index is 14.9.